The topological polar surface area (TPSA) is 66.5 Å². The van der Waals surface area contributed by atoms with E-state index in [1.165, 1.54) is 0 Å². The second-order valence-corrected chi connectivity index (χ2v) is 7.31. The van der Waals surface area contributed by atoms with Crippen LogP contribution in [-0.2, 0) is 14.8 Å². The number of benzene rings is 1. The highest BCUT2D eigenvalue weighted by atomic mass is 32.2. The molecule has 1 aliphatic heterocycles. The van der Waals surface area contributed by atoms with E-state index in [0.29, 0.717) is 4.90 Å². The van der Waals surface area contributed by atoms with Crippen LogP contribution in [0.4, 0.5) is 0 Å². The van der Waals surface area contributed by atoms with Gasteiger partial charge < -0.3 is 4.90 Å². The lowest BCUT2D eigenvalue weighted by Gasteiger charge is -2.30. The normalized spacial score (nSPS) is 14.9. The van der Waals surface area contributed by atoms with E-state index in [-0.39, 0.29) is 18.9 Å². The van der Waals surface area contributed by atoms with Crippen molar-refractivity contribution >= 4 is 15.9 Å². The summed E-state index contributed by atoms with van der Waals surface area (Å²) >= 11 is 0. The van der Waals surface area contributed by atoms with Gasteiger partial charge in [0, 0.05) is 26.1 Å². The van der Waals surface area contributed by atoms with Gasteiger partial charge in [0.05, 0.1) is 4.90 Å². The molecule has 0 atom stereocenters. The monoisotopic (exact) mass is 310 g/mol. The summed E-state index contributed by atoms with van der Waals surface area (Å²) in [5.74, 6) is 0.0151. The molecule has 21 heavy (non-hydrogen) atoms. The molecule has 0 spiro atoms. The standard InChI is InChI=1S/C15H22N2O3S/c1-11-9-12(2)15(13(3)10-11)21(19,20)16-6-5-14(18)17-7-4-8-17/h9-10,16H,4-8H2,1-3H3. The summed E-state index contributed by atoms with van der Waals surface area (Å²) in [5.41, 5.74) is 2.50. The minimum Gasteiger partial charge on any atom is -0.343 e. The molecule has 0 unspecified atom stereocenters. The second kappa shape index (κ2) is 6.15. The van der Waals surface area contributed by atoms with Crippen molar-refractivity contribution in [3.05, 3.63) is 28.8 Å². The first-order valence-corrected chi connectivity index (χ1v) is 8.65. The number of nitrogens with one attached hydrogen (secondary N) is 1. The van der Waals surface area contributed by atoms with Crippen molar-refractivity contribution < 1.29 is 13.2 Å². The maximum atomic E-state index is 12.4. The molecule has 0 aromatic heterocycles. The van der Waals surface area contributed by atoms with E-state index < -0.39 is 10.0 Å². The van der Waals surface area contributed by atoms with Crippen molar-refractivity contribution in [2.75, 3.05) is 19.6 Å². The number of amides is 1. The molecule has 1 fully saturated rings. The summed E-state index contributed by atoms with van der Waals surface area (Å²) in [6.07, 6.45) is 1.25. The average Bonchev–Trinajstić information content (AvgIpc) is 2.23. The third kappa shape index (κ3) is 3.63. The van der Waals surface area contributed by atoms with Gasteiger partial charge in [-0.15, -0.1) is 0 Å². The van der Waals surface area contributed by atoms with Crippen LogP contribution in [-0.4, -0.2) is 38.9 Å². The quantitative estimate of drug-likeness (QED) is 0.896. The number of carbonyl (C=O) groups excluding carboxylic acids is 1. The molecular formula is C15H22N2O3S. The highest BCUT2D eigenvalue weighted by Gasteiger charge is 2.22. The molecule has 2 rings (SSSR count). The second-order valence-electron chi connectivity index (χ2n) is 5.61. The van der Waals surface area contributed by atoms with Gasteiger partial charge >= 0.3 is 0 Å². The van der Waals surface area contributed by atoms with Gasteiger partial charge in [-0.2, -0.15) is 0 Å². The first-order chi connectivity index (χ1) is 9.81. The molecule has 6 heteroatoms. The Bertz CT molecular complexity index is 626. The minimum atomic E-state index is -3.57. The van der Waals surface area contributed by atoms with Gasteiger partial charge in [-0.1, -0.05) is 17.7 Å². The molecule has 1 N–H and O–H groups in total. The predicted octanol–water partition coefficient (Wildman–Crippen LogP) is 1.51. The van der Waals surface area contributed by atoms with E-state index in [0.717, 1.165) is 36.2 Å². The van der Waals surface area contributed by atoms with Crippen molar-refractivity contribution in [1.82, 2.24) is 9.62 Å². The summed E-state index contributed by atoms with van der Waals surface area (Å²) < 4.78 is 27.3. The highest BCUT2D eigenvalue weighted by molar-refractivity contribution is 7.89. The number of rotatable bonds is 5. The fourth-order valence-electron chi connectivity index (χ4n) is 2.68. The Hall–Kier alpha value is -1.40. The van der Waals surface area contributed by atoms with Crippen molar-refractivity contribution in [3.8, 4) is 0 Å². The summed E-state index contributed by atoms with van der Waals surface area (Å²) in [7, 11) is -3.57. The zero-order chi connectivity index (χ0) is 15.6. The first kappa shape index (κ1) is 16.0. The third-order valence-electron chi connectivity index (χ3n) is 3.71. The van der Waals surface area contributed by atoms with E-state index in [4.69, 9.17) is 0 Å². The molecule has 0 radical (unpaired) electrons. The largest absolute Gasteiger partial charge is 0.343 e. The van der Waals surface area contributed by atoms with Crippen LogP contribution in [0, 0.1) is 20.8 Å². The van der Waals surface area contributed by atoms with Gasteiger partial charge in [0.15, 0.2) is 0 Å². The molecule has 1 amide bonds. The van der Waals surface area contributed by atoms with Crippen LogP contribution in [0.2, 0.25) is 0 Å². The van der Waals surface area contributed by atoms with Crippen LogP contribution in [0.25, 0.3) is 0 Å². The summed E-state index contributed by atoms with van der Waals surface area (Å²) in [4.78, 5) is 13.8. The Morgan fingerprint density at radius 2 is 1.76 bits per heavy atom. The van der Waals surface area contributed by atoms with Crippen molar-refractivity contribution in [3.63, 3.8) is 0 Å². The number of nitrogens with zero attached hydrogens (tertiary/aromatic N) is 1. The SMILES string of the molecule is Cc1cc(C)c(S(=O)(=O)NCCC(=O)N2CCC2)c(C)c1. The van der Waals surface area contributed by atoms with Crippen LogP contribution in [0.3, 0.4) is 0 Å². The fourth-order valence-corrected chi connectivity index (χ4v) is 4.16. The summed E-state index contributed by atoms with van der Waals surface area (Å²) in [6.45, 7) is 7.25. The molecule has 0 aliphatic carbocycles. The number of sulfonamides is 1. The van der Waals surface area contributed by atoms with Gasteiger partial charge in [-0.3, -0.25) is 4.79 Å². The molecule has 0 saturated carbocycles. The number of aryl methyl sites for hydroxylation is 3. The maximum Gasteiger partial charge on any atom is 0.241 e. The van der Waals surface area contributed by atoms with Crippen molar-refractivity contribution in [2.45, 2.75) is 38.5 Å². The number of hydrogen-bond acceptors (Lipinski definition) is 3. The molecule has 5 nitrogen and oxygen atoms in total. The Morgan fingerprint density at radius 3 is 2.24 bits per heavy atom. The lowest BCUT2D eigenvalue weighted by molar-refractivity contribution is -0.134. The Kier molecular flexibility index (Phi) is 4.68. The van der Waals surface area contributed by atoms with E-state index in [2.05, 4.69) is 4.72 Å². The maximum absolute atomic E-state index is 12.4. The molecule has 0 bridgehead atoms. The van der Waals surface area contributed by atoms with E-state index >= 15 is 0 Å². The van der Waals surface area contributed by atoms with Gasteiger partial charge in [-0.25, -0.2) is 13.1 Å². The van der Waals surface area contributed by atoms with Crippen LogP contribution < -0.4 is 4.72 Å². The molecule has 1 saturated heterocycles. The van der Waals surface area contributed by atoms with Crippen LogP contribution in [0.1, 0.15) is 29.5 Å². The van der Waals surface area contributed by atoms with Crippen molar-refractivity contribution in [1.29, 1.82) is 0 Å². The first-order valence-electron chi connectivity index (χ1n) is 7.16. The smallest absolute Gasteiger partial charge is 0.241 e. The molecule has 1 aliphatic rings. The van der Waals surface area contributed by atoms with Crippen LogP contribution >= 0.6 is 0 Å². The summed E-state index contributed by atoms with van der Waals surface area (Å²) in [6, 6.07) is 3.71. The fraction of sp³-hybridized carbons (Fsp3) is 0.533. The number of hydrogen-bond donors (Lipinski definition) is 1. The molecule has 116 valence electrons. The van der Waals surface area contributed by atoms with Crippen molar-refractivity contribution in [2.24, 2.45) is 0 Å². The molecule has 1 heterocycles. The number of carbonyl (C=O) groups is 1. The average molecular weight is 310 g/mol. The highest BCUT2D eigenvalue weighted by Crippen LogP contribution is 2.21. The predicted molar refractivity (Wildman–Crippen MR) is 81.7 cm³/mol. The van der Waals surface area contributed by atoms with Crippen LogP contribution in [0.5, 0.6) is 0 Å². The Labute approximate surface area is 126 Å². The minimum absolute atomic E-state index is 0.0151. The lowest BCUT2D eigenvalue weighted by Crippen LogP contribution is -2.43. The Morgan fingerprint density at radius 1 is 1.19 bits per heavy atom. The molecule has 1 aromatic rings. The van der Waals surface area contributed by atoms with Gasteiger partial charge in [0.2, 0.25) is 15.9 Å². The van der Waals surface area contributed by atoms with E-state index in [9.17, 15) is 13.2 Å². The van der Waals surface area contributed by atoms with E-state index in [1.807, 2.05) is 19.1 Å². The van der Waals surface area contributed by atoms with Crippen LogP contribution in [0.15, 0.2) is 17.0 Å². The lowest BCUT2D eigenvalue weighted by atomic mass is 10.1. The van der Waals surface area contributed by atoms with Gasteiger partial charge in [-0.05, 0) is 38.3 Å². The number of likely N-dealkylation sites (tertiary alicyclic amines) is 1. The van der Waals surface area contributed by atoms with Gasteiger partial charge in [0.25, 0.3) is 0 Å². The summed E-state index contributed by atoms with van der Waals surface area (Å²) in [5, 5.41) is 0. The molecule has 1 aromatic carbocycles. The van der Waals surface area contributed by atoms with E-state index in [1.54, 1.807) is 18.7 Å². The Balaban J connectivity index is 2.03. The van der Waals surface area contributed by atoms with Gasteiger partial charge in [0.1, 0.15) is 0 Å². The third-order valence-corrected chi connectivity index (χ3v) is 5.48. The zero-order valence-electron chi connectivity index (χ0n) is 12.8. The molecular weight excluding hydrogens is 288 g/mol. The zero-order valence-corrected chi connectivity index (χ0v) is 13.6.